The summed E-state index contributed by atoms with van der Waals surface area (Å²) in [7, 11) is 0. The molecule has 302 valence electrons. The van der Waals surface area contributed by atoms with Crippen LogP contribution in [0.15, 0.2) is 226 Å². The highest BCUT2D eigenvalue weighted by Gasteiger charge is 2.22. The van der Waals surface area contributed by atoms with Gasteiger partial charge in [-0.05, 0) is 76.3 Å². The lowest BCUT2D eigenvalue weighted by atomic mass is 9.89. The van der Waals surface area contributed by atoms with Crippen LogP contribution < -0.4 is 0 Å². The summed E-state index contributed by atoms with van der Waals surface area (Å²) < 4.78 is 19.9. The van der Waals surface area contributed by atoms with Gasteiger partial charge in [-0.2, -0.15) is 0 Å². The summed E-state index contributed by atoms with van der Waals surface area (Å²) in [6.07, 6.45) is 0. The molecule has 0 saturated carbocycles. The fourth-order valence-electron chi connectivity index (χ4n) is 10.3. The highest BCUT2D eigenvalue weighted by atomic mass is 16.3. The molecule has 0 aliphatic rings. The summed E-state index contributed by atoms with van der Waals surface area (Å²) in [5.74, 6) is 0. The summed E-state index contributed by atoms with van der Waals surface area (Å²) in [5, 5.41) is 9.94. The Morgan fingerprint density at radius 1 is 0.277 bits per heavy atom. The molecule has 0 atom stereocenters. The lowest BCUT2D eigenvalue weighted by molar-refractivity contribution is 0.669. The van der Waals surface area contributed by atoms with Gasteiger partial charge in [0.25, 0.3) is 0 Å². The van der Waals surface area contributed by atoms with Crippen LogP contribution >= 0.6 is 0 Å². The third-order valence-electron chi connectivity index (χ3n) is 13.2. The van der Waals surface area contributed by atoms with Gasteiger partial charge in [0, 0.05) is 70.7 Å². The Morgan fingerprint density at radius 3 is 1.43 bits per heavy atom. The van der Waals surface area contributed by atoms with Gasteiger partial charge < -0.3 is 13.3 Å². The van der Waals surface area contributed by atoms with E-state index in [0.717, 1.165) is 143 Å². The highest BCUT2D eigenvalue weighted by Crippen LogP contribution is 2.47. The van der Waals surface area contributed by atoms with E-state index in [4.69, 9.17) is 18.2 Å². The largest absolute Gasteiger partial charge is 0.456 e. The van der Waals surface area contributed by atoms with Crippen LogP contribution in [0.2, 0.25) is 0 Å². The first-order valence-electron chi connectivity index (χ1n) is 22.0. The fourth-order valence-corrected chi connectivity index (χ4v) is 10.3. The molecule has 0 spiro atoms. The maximum Gasteiger partial charge on any atom is 0.143 e. The Morgan fingerprint density at radius 2 is 0.785 bits per heavy atom. The van der Waals surface area contributed by atoms with Crippen molar-refractivity contribution in [2.24, 2.45) is 0 Å². The molecule has 0 fully saturated rings. The molecule has 0 aliphatic heterocycles. The molecule has 4 heterocycles. The number of para-hydroxylation sites is 6. The number of nitrogens with zero attached hydrogens (tertiary/aromatic N) is 1. The summed E-state index contributed by atoms with van der Waals surface area (Å²) in [5.41, 5.74) is 16.7. The molecule has 0 saturated heterocycles. The summed E-state index contributed by atoms with van der Waals surface area (Å²) in [6.45, 7) is 0. The van der Waals surface area contributed by atoms with Crippen molar-refractivity contribution >= 4 is 87.5 Å². The second-order valence-electron chi connectivity index (χ2n) is 16.9. The minimum atomic E-state index is 0.843. The SMILES string of the molecule is c1ccc(-c2c3c(cc4c(-c5ccc(-c6cc(-c7cccc8c7oc7ccccc78)cc(-c7cccc8c7oc7ccccc78)c6)cc5)nc5ccccc5c24)oc2ccccc23)cc1. The van der Waals surface area contributed by atoms with Crippen molar-refractivity contribution in [3.05, 3.63) is 212 Å². The molecule has 14 aromatic rings. The lowest BCUT2D eigenvalue weighted by Crippen LogP contribution is -1.93. The van der Waals surface area contributed by atoms with Crippen LogP contribution in [0.1, 0.15) is 0 Å². The molecule has 0 bridgehead atoms. The van der Waals surface area contributed by atoms with Crippen molar-refractivity contribution in [1.29, 1.82) is 0 Å². The van der Waals surface area contributed by atoms with E-state index >= 15 is 0 Å². The zero-order chi connectivity index (χ0) is 42.6. The van der Waals surface area contributed by atoms with Crippen molar-refractivity contribution in [2.45, 2.75) is 0 Å². The van der Waals surface area contributed by atoms with Crippen molar-refractivity contribution < 1.29 is 13.3 Å². The molecule has 0 amide bonds. The average molecular weight is 830 g/mol. The molecule has 0 unspecified atom stereocenters. The second-order valence-corrected chi connectivity index (χ2v) is 16.9. The van der Waals surface area contributed by atoms with Gasteiger partial charge in [0.1, 0.15) is 33.5 Å². The zero-order valence-corrected chi connectivity index (χ0v) is 34.9. The Kier molecular flexibility index (Phi) is 7.65. The van der Waals surface area contributed by atoms with E-state index in [2.05, 4.69) is 182 Å². The molecule has 10 aromatic carbocycles. The van der Waals surface area contributed by atoms with E-state index in [0.29, 0.717) is 0 Å². The van der Waals surface area contributed by atoms with Crippen LogP contribution in [0.4, 0.5) is 0 Å². The van der Waals surface area contributed by atoms with Crippen LogP contribution in [0, 0.1) is 0 Å². The molecule has 0 radical (unpaired) electrons. The zero-order valence-electron chi connectivity index (χ0n) is 34.9. The second kappa shape index (κ2) is 13.9. The van der Waals surface area contributed by atoms with Gasteiger partial charge in [-0.3, -0.25) is 0 Å². The van der Waals surface area contributed by atoms with Gasteiger partial charge in [0.2, 0.25) is 0 Å². The third kappa shape index (κ3) is 5.47. The standard InChI is InChI=1S/C61H35NO3/c1-2-14-37(15-3-1)56-57-48-18-4-8-24-51(48)62-59(50(57)35-55-58(56)49-19-7-11-27-54(49)63-55)38-30-28-36(29-31-38)39-32-40(42-20-12-22-46-44-16-5-9-25-52(44)64-60(42)46)34-41(33-39)43-21-13-23-47-45-17-6-10-26-53(45)65-61(43)47/h1-35H. The molecule has 65 heavy (non-hydrogen) atoms. The van der Waals surface area contributed by atoms with Gasteiger partial charge in [0.05, 0.1) is 11.2 Å². The molecule has 0 aliphatic carbocycles. The van der Waals surface area contributed by atoms with Crippen LogP contribution in [0.25, 0.3) is 143 Å². The van der Waals surface area contributed by atoms with Crippen LogP contribution in [-0.4, -0.2) is 4.98 Å². The van der Waals surface area contributed by atoms with E-state index in [-0.39, 0.29) is 0 Å². The monoisotopic (exact) mass is 829 g/mol. The Hall–Kier alpha value is -8.73. The lowest BCUT2D eigenvalue weighted by Gasteiger charge is -2.16. The number of hydrogen-bond acceptors (Lipinski definition) is 4. The van der Waals surface area contributed by atoms with Crippen LogP contribution in [0.5, 0.6) is 0 Å². The minimum Gasteiger partial charge on any atom is -0.456 e. The Balaban J connectivity index is 0.987. The van der Waals surface area contributed by atoms with Crippen LogP contribution in [-0.2, 0) is 0 Å². The average Bonchev–Trinajstić information content (AvgIpc) is 4.07. The normalized spacial score (nSPS) is 12.0. The van der Waals surface area contributed by atoms with E-state index < -0.39 is 0 Å². The number of fused-ring (bicyclic) bond motifs is 12. The summed E-state index contributed by atoms with van der Waals surface area (Å²) in [4.78, 5) is 5.41. The van der Waals surface area contributed by atoms with E-state index in [1.807, 2.05) is 30.3 Å². The first kappa shape index (κ1) is 35.8. The van der Waals surface area contributed by atoms with Gasteiger partial charge in [0.15, 0.2) is 0 Å². The van der Waals surface area contributed by atoms with E-state index in [9.17, 15) is 0 Å². The number of rotatable bonds is 5. The van der Waals surface area contributed by atoms with Gasteiger partial charge in [-0.15, -0.1) is 0 Å². The predicted octanol–water partition coefficient (Wildman–Crippen LogP) is 17.4. The van der Waals surface area contributed by atoms with Gasteiger partial charge in [-0.25, -0.2) is 4.98 Å². The third-order valence-corrected chi connectivity index (χ3v) is 13.2. The highest BCUT2D eigenvalue weighted by molar-refractivity contribution is 6.28. The van der Waals surface area contributed by atoms with Crippen molar-refractivity contribution in [1.82, 2.24) is 4.98 Å². The van der Waals surface area contributed by atoms with Gasteiger partial charge >= 0.3 is 0 Å². The Bertz CT molecular complexity index is 4100. The number of hydrogen-bond donors (Lipinski definition) is 0. The minimum absolute atomic E-state index is 0.843. The molecule has 0 N–H and O–H groups in total. The van der Waals surface area contributed by atoms with Crippen LogP contribution in [0.3, 0.4) is 0 Å². The topological polar surface area (TPSA) is 52.3 Å². The first-order valence-corrected chi connectivity index (χ1v) is 22.0. The molecule has 4 heteroatoms. The smallest absolute Gasteiger partial charge is 0.143 e. The first-order chi connectivity index (χ1) is 32.2. The van der Waals surface area contributed by atoms with E-state index in [1.54, 1.807) is 0 Å². The molecule has 14 rings (SSSR count). The Labute approximate surface area is 372 Å². The number of benzene rings is 10. The van der Waals surface area contributed by atoms with Crippen molar-refractivity contribution in [2.75, 3.05) is 0 Å². The summed E-state index contributed by atoms with van der Waals surface area (Å²) >= 11 is 0. The van der Waals surface area contributed by atoms with Crippen molar-refractivity contribution in [3.8, 4) is 55.8 Å². The van der Waals surface area contributed by atoms with Gasteiger partial charge in [-0.1, -0.05) is 164 Å². The molecule has 4 aromatic heterocycles. The maximum absolute atomic E-state index is 6.64. The predicted molar refractivity (Wildman–Crippen MR) is 268 cm³/mol. The number of furan rings is 3. The summed E-state index contributed by atoms with van der Waals surface area (Å²) in [6, 6.07) is 74.9. The fraction of sp³-hybridized carbons (Fsp3) is 0. The molecular formula is C61H35NO3. The van der Waals surface area contributed by atoms with E-state index in [1.165, 1.54) is 0 Å². The maximum atomic E-state index is 6.64. The molecule has 4 nitrogen and oxygen atoms in total. The molecular weight excluding hydrogens is 795 g/mol. The number of aromatic nitrogens is 1. The van der Waals surface area contributed by atoms with Crippen molar-refractivity contribution in [3.63, 3.8) is 0 Å². The quantitative estimate of drug-likeness (QED) is 0.162. The number of pyridine rings is 1.